The minimum atomic E-state index is -0.186. The molecule has 1 saturated carbocycles. The van der Waals surface area contributed by atoms with E-state index in [1.165, 1.54) is 19.3 Å². The van der Waals surface area contributed by atoms with Crippen molar-refractivity contribution in [2.75, 3.05) is 11.9 Å². The number of carbonyl (C=O) groups is 1. The van der Waals surface area contributed by atoms with E-state index < -0.39 is 0 Å². The van der Waals surface area contributed by atoms with Gasteiger partial charge in [0.05, 0.1) is 0 Å². The van der Waals surface area contributed by atoms with Gasteiger partial charge in [0.2, 0.25) is 0 Å². The number of rotatable bonds is 4. The molecule has 1 aromatic rings. The van der Waals surface area contributed by atoms with Crippen molar-refractivity contribution in [2.24, 2.45) is 0 Å². The smallest absolute Gasteiger partial charge is 0.319 e. The Morgan fingerprint density at radius 3 is 2.90 bits per heavy atom. The average Bonchev–Trinajstić information content (AvgIpc) is 2.46. The maximum Gasteiger partial charge on any atom is 0.319 e. The quantitative estimate of drug-likeness (QED) is 0.885. The lowest BCUT2D eigenvalue weighted by molar-refractivity contribution is 0.244. The molecule has 0 spiro atoms. The molecule has 0 bridgehead atoms. The summed E-state index contributed by atoms with van der Waals surface area (Å²) in [4.78, 5) is 11.9. The van der Waals surface area contributed by atoms with Crippen molar-refractivity contribution >= 4 is 11.7 Å². The first-order chi connectivity index (χ1) is 9.78. The van der Waals surface area contributed by atoms with Gasteiger partial charge in [0.1, 0.15) is 11.8 Å². The molecular formula is C15H19N3O2. The molecule has 2 amide bonds. The van der Waals surface area contributed by atoms with E-state index in [9.17, 15) is 4.79 Å². The number of nitrogens with zero attached hydrogens (tertiary/aromatic N) is 1. The van der Waals surface area contributed by atoms with E-state index in [1.54, 1.807) is 24.3 Å². The number of nitrogens with one attached hydrogen (secondary N) is 2. The fourth-order valence-electron chi connectivity index (χ4n) is 2.38. The van der Waals surface area contributed by atoms with Gasteiger partial charge in [-0.25, -0.2) is 4.79 Å². The lowest BCUT2D eigenvalue weighted by Crippen LogP contribution is -2.38. The molecule has 20 heavy (non-hydrogen) atoms. The summed E-state index contributed by atoms with van der Waals surface area (Å²) in [5.41, 5.74) is 0.661. The molecule has 0 radical (unpaired) electrons. The highest BCUT2D eigenvalue weighted by atomic mass is 16.5. The Bertz CT molecular complexity index is 490. The molecule has 1 fully saturated rings. The molecule has 0 saturated heterocycles. The Morgan fingerprint density at radius 2 is 2.15 bits per heavy atom. The van der Waals surface area contributed by atoms with E-state index in [-0.39, 0.29) is 18.7 Å². The SMILES string of the molecule is N#CCOc1cccc(NC(=O)NC2CCCCC2)c1. The topological polar surface area (TPSA) is 74.1 Å². The number of anilines is 1. The van der Waals surface area contributed by atoms with Gasteiger partial charge in [-0.3, -0.25) is 0 Å². The maximum absolute atomic E-state index is 11.9. The summed E-state index contributed by atoms with van der Waals surface area (Å²) in [6, 6.07) is 9.03. The van der Waals surface area contributed by atoms with Gasteiger partial charge in [0.15, 0.2) is 6.61 Å². The van der Waals surface area contributed by atoms with Crippen LogP contribution in [-0.2, 0) is 0 Å². The zero-order valence-corrected chi connectivity index (χ0v) is 11.4. The molecule has 0 unspecified atom stereocenters. The van der Waals surface area contributed by atoms with Gasteiger partial charge in [-0.2, -0.15) is 5.26 Å². The van der Waals surface area contributed by atoms with Crippen LogP contribution in [0.3, 0.4) is 0 Å². The van der Waals surface area contributed by atoms with Crippen molar-refractivity contribution in [3.05, 3.63) is 24.3 Å². The van der Waals surface area contributed by atoms with Crippen molar-refractivity contribution in [1.82, 2.24) is 5.32 Å². The summed E-state index contributed by atoms with van der Waals surface area (Å²) in [5.74, 6) is 0.571. The summed E-state index contributed by atoms with van der Waals surface area (Å²) in [5, 5.41) is 14.2. The van der Waals surface area contributed by atoms with Gasteiger partial charge in [-0.05, 0) is 25.0 Å². The molecule has 0 aromatic heterocycles. The van der Waals surface area contributed by atoms with Crippen molar-refractivity contribution in [2.45, 2.75) is 38.1 Å². The van der Waals surface area contributed by atoms with Crippen LogP contribution in [-0.4, -0.2) is 18.7 Å². The number of urea groups is 1. The standard InChI is InChI=1S/C15H19N3O2/c16-9-10-20-14-8-4-7-13(11-14)18-15(19)17-12-5-2-1-3-6-12/h4,7-8,11-12H,1-3,5-6,10H2,(H2,17,18,19). The fourth-order valence-corrected chi connectivity index (χ4v) is 2.38. The zero-order chi connectivity index (χ0) is 14.2. The second-order valence-corrected chi connectivity index (χ2v) is 4.91. The third kappa shape index (κ3) is 4.47. The number of hydrogen-bond donors (Lipinski definition) is 2. The zero-order valence-electron chi connectivity index (χ0n) is 11.4. The molecule has 0 atom stereocenters. The summed E-state index contributed by atoms with van der Waals surface area (Å²) >= 11 is 0. The number of nitriles is 1. The van der Waals surface area contributed by atoms with Crippen molar-refractivity contribution in [1.29, 1.82) is 5.26 Å². The minimum absolute atomic E-state index is 0.00226. The second-order valence-electron chi connectivity index (χ2n) is 4.91. The van der Waals surface area contributed by atoms with Crippen LogP contribution in [0.15, 0.2) is 24.3 Å². The first kappa shape index (κ1) is 14.2. The molecule has 2 N–H and O–H groups in total. The Kier molecular flexibility index (Phi) is 5.24. The maximum atomic E-state index is 11.9. The van der Waals surface area contributed by atoms with Gasteiger partial charge in [-0.15, -0.1) is 0 Å². The van der Waals surface area contributed by atoms with E-state index in [0.29, 0.717) is 11.4 Å². The van der Waals surface area contributed by atoms with E-state index in [1.807, 2.05) is 6.07 Å². The minimum Gasteiger partial charge on any atom is -0.479 e. The molecule has 106 valence electrons. The molecule has 0 heterocycles. The van der Waals surface area contributed by atoms with Crippen LogP contribution in [0.5, 0.6) is 5.75 Å². The summed E-state index contributed by atoms with van der Waals surface area (Å²) in [6.07, 6.45) is 5.74. The predicted molar refractivity (Wildman–Crippen MR) is 76.6 cm³/mol. The van der Waals surface area contributed by atoms with Crippen molar-refractivity contribution in [3.63, 3.8) is 0 Å². The molecule has 1 aliphatic carbocycles. The molecule has 5 nitrogen and oxygen atoms in total. The lowest BCUT2D eigenvalue weighted by atomic mass is 9.96. The number of benzene rings is 1. The van der Waals surface area contributed by atoms with Crippen LogP contribution in [0, 0.1) is 11.3 Å². The average molecular weight is 273 g/mol. The molecule has 0 aliphatic heterocycles. The van der Waals surface area contributed by atoms with Crippen LogP contribution in [0.2, 0.25) is 0 Å². The normalized spacial score (nSPS) is 15.2. The largest absolute Gasteiger partial charge is 0.479 e. The summed E-state index contributed by atoms with van der Waals surface area (Å²) in [6.45, 7) is -0.00226. The van der Waals surface area contributed by atoms with Gasteiger partial charge >= 0.3 is 6.03 Å². The van der Waals surface area contributed by atoms with Crippen LogP contribution in [0.25, 0.3) is 0 Å². The monoisotopic (exact) mass is 273 g/mol. The van der Waals surface area contributed by atoms with Gasteiger partial charge < -0.3 is 15.4 Å². The summed E-state index contributed by atoms with van der Waals surface area (Å²) in [7, 11) is 0. The van der Waals surface area contributed by atoms with Gasteiger partial charge in [0.25, 0.3) is 0 Å². The van der Waals surface area contributed by atoms with Crippen LogP contribution in [0.4, 0.5) is 10.5 Å². The molecule has 1 aromatic carbocycles. The molecule has 1 aliphatic rings. The highest BCUT2D eigenvalue weighted by molar-refractivity contribution is 5.89. The Labute approximate surface area is 118 Å². The Morgan fingerprint density at radius 1 is 1.35 bits per heavy atom. The van der Waals surface area contributed by atoms with Crippen LogP contribution < -0.4 is 15.4 Å². The molecule has 5 heteroatoms. The fraction of sp³-hybridized carbons (Fsp3) is 0.467. The van der Waals surface area contributed by atoms with Crippen LogP contribution in [0.1, 0.15) is 32.1 Å². The third-order valence-electron chi connectivity index (χ3n) is 3.34. The number of amides is 2. The second kappa shape index (κ2) is 7.39. The first-order valence-electron chi connectivity index (χ1n) is 6.95. The first-order valence-corrected chi connectivity index (χ1v) is 6.95. The van der Waals surface area contributed by atoms with E-state index in [0.717, 1.165) is 12.8 Å². The highest BCUT2D eigenvalue weighted by Crippen LogP contribution is 2.19. The number of carbonyl (C=O) groups excluding carboxylic acids is 1. The molecular weight excluding hydrogens is 254 g/mol. The highest BCUT2D eigenvalue weighted by Gasteiger charge is 2.15. The van der Waals surface area contributed by atoms with Crippen LogP contribution >= 0.6 is 0 Å². The van der Waals surface area contributed by atoms with Crippen molar-refractivity contribution in [3.8, 4) is 11.8 Å². The Balaban J connectivity index is 1.85. The van der Waals surface area contributed by atoms with Gasteiger partial charge in [0, 0.05) is 17.8 Å². The molecule has 2 rings (SSSR count). The Hall–Kier alpha value is -2.22. The number of ether oxygens (including phenoxy) is 1. The predicted octanol–water partition coefficient (Wildman–Crippen LogP) is 3.04. The van der Waals surface area contributed by atoms with Crippen molar-refractivity contribution < 1.29 is 9.53 Å². The van der Waals surface area contributed by atoms with E-state index in [2.05, 4.69) is 10.6 Å². The lowest BCUT2D eigenvalue weighted by Gasteiger charge is -2.22. The third-order valence-corrected chi connectivity index (χ3v) is 3.34. The van der Waals surface area contributed by atoms with Gasteiger partial charge in [-0.1, -0.05) is 25.3 Å². The summed E-state index contributed by atoms with van der Waals surface area (Å²) < 4.78 is 5.19. The van der Waals surface area contributed by atoms with E-state index >= 15 is 0 Å². The van der Waals surface area contributed by atoms with E-state index in [4.69, 9.17) is 10.00 Å². The number of hydrogen-bond acceptors (Lipinski definition) is 3.